The molecule has 0 unspecified atom stereocenters. The molecular weight excluding hydrogens is 1040 g/mol. The highest BCUT2D eigenvalue weighted by Crippen LogP contribution is 2.46. The molecule has 0 fully saturated rings. The Hall–Kier alpha value is -8.54. The first kappa shape index (κ1) is 57.6. The molecule has 7 N–H and O–H groups in total. The highest BCUT2D eigenvalue weighted by atomic mass is 19.1. The van der Waals surface area contributed by atoms with Crippen LogP contribution >= 0.6 is 0 Å². The Morgan fingerprint density at radius 2 is 1.61 bits per heavy atom. The van der Waals surface area contributed by atoms with Crippen molar-refractivity contribution >= 4 is 70.2 Å². The number of rotatable bonds is 18. The molecule has 2 aromatic heterocycles. The van der Waals surface area contributed by atoms with E-state index in [1.165, 1.54) is 17.6 Å². The summed E-state index contributed by atoms with van der Waals surface area (Å²) in [6, 6.07) is 5.20. The first-order chi connectivity index (χ1) is 37.8. The molecular formula is C56H64FN9O14. The Kier molecular flexibility index (Phi) is 16.6. The number of nitrogens with one attached hydrogen (secondary N) is 6. The fourth-order valence-corrected chi connectivity index (χ4v) is 10.2. The fraction of sp³-hybridized carbons (Fsp3) is 0.446. The lowest BCUT2D eigenvalue weighted by atomic mass is 9.81. The number of benzene rings is 2. The van der Waals surface area contributed by atoms with Gasteiger partial charge in [0.2, 0.25) is 23.6 Å². The number of alkyl carbamates (subject to hydrolysis) is 2. The van der Waals surface area contributed by atoms with E-state index in [-0.39, 0.29) is 63.2 Å². The average molecular weight is 1110 g/mol. The van der Waals surface area contributed by atoms with Gasteiger partial charge in [-0.25, -0.2) is 23.8 Å². The molecule has 23 nitrogen and oxygen atoms in total. The summed E-state index contributed by atoms with van der Waals surface area (Å²) >= 11 is 0. The molecule has 4 aromatic rings. The maximum absolute atomic E-state index is 15.4. The number of carbonyl (C=O) groups excluding carboxylic acids is 9. The lowest BCUT2D eigenvalue weighted by molar-refractivity contribution is -0.172. The number of imide groups is 1. The van der Waals surface area contributed by atoms with Gasteiger partial charge in [-0.05, 0) is 107 Å². The number of carbonyl (C=O) groups is 9. The maximum atomic E-state index is 15.4. The smallest absolute Gasteiger partial charge is 0.408 e. The molecule has 0 saturated carbocycles. The summed E-state index contributed by atoms with van der Waals surface area (Å²) in [5, 5.41) is 28.0. The number of hydrogen-bond acceptors (Lipinski definition) is 15. The summed E-state index contributed by atoms with van der Waals surface area (Å²) in [5.74, 6) is -5.45. The van der Waals surface area contributed by atoms with Gasteiger partial charge in [0.25, 0.3) is 17.4 Å². The van der Waals surface area contributed by atoms with Crippen molar-refractivity contribution in [3.63, 3.8) is 0 Å². The first-order valence-corrected chi connectivity index (χ1v) is 26.3. The second kappa shape index (κ2) is 23.0. The summed E-state index contributed by atoms with van der Waals surface area (Å²) in [6.45, 7) is 12.3. The summed E-state index contributed by atoms with van der Waals surface area (Å²) in [6.07, 6.45) is 0.708. The molecule has 0 spiro atoms. The van der Waals surface area contributed by atoms with Gasteiger partial charge in [-0.3, -0.25) is 38.5 Å². The molecule has 8 rings (SSSR count). The Bertz CT molecular complexity index is 3310. The number of halogens is 1. The molecule has 0 saturated heterocycles. The van der Waals surface area contributed by atoms with E-state index in [1.807, 2.05) is 0 Å². The molecule has 8 amide bonds. The predicted octanol–water partition coefficient (Wildman–Crippen LogP) is 3.74. The van der Waals surface area contributed by atoms with E-state index >= 15 is 4.39 Å². The number of fused-ring (bicyclic) bond motifs is 5. The van der Waals surface area contributed by atoms with E-state index in [9.17, 15) is 53.1 Å². The van der Waals surface area contributed by atoms with Crippen LogP contribution in [-0.4, -0.2) is 110 Å². The third-order valence-corrected chi connectivity index (χ3v) is 14.5. The van der Waals surface area contributed by atoms with Gasteiger partial charge in [-0.1, -0.05) is 32.9 Å². The largest absolute Gasteiger partial charge is 0.458 e. The van der Waals surface area contributed by atoms with Crippen LogP contribution in [0.3, 0.4) is 0 Å². The lowest BCUT2D eigenvalue weighted by Crippen LogP contribution is -2.54. The number of ether oxygens (including phenoxy) is 3. The Morgan fingerprint density at radius 1 is 0.912 bits per heavy atom. The van der Waals surface area contributed by atoms with Crippen LogP contribution in [0.15, 0.2) is 53.3 Å². The van der Waals surface area contributed by atoms with Crippen LogP contribution < -0.4 is 37.5 Å². The number of aliphatic hydroxyl groups is 1. The van der Waals surface area contributed by atoms with E-state index in [2.05, 4.69) is 31.9 Å². The van der Waals surface area contributed by atoms with Crippen LogP contribution in [0.1, 0.15) is 119 Å². The van der Waals surface area contributed by atoms with Gasteiger partial charge >= 0.3 is 18.2 Å². The van der Waals surface area contributed by atoms with E-state index in [1.54, 1.807) is 78.8 Å². The Morgan fingerprint density at radius 3 is 2.27 bits per heavy atom. The van der Waals surface area contributed by atoms with Gasteiger partial charge in [0.05, 0.1) is 35.1 Å². The summed E-state index contributed by atoms with van der Waals surface area (Å²) in [5.41, 5.74) is 1.26. The van der Waals surface area contributed by atoms with E-state index in [0.29, 0.717) is 63.1 Å². The van der Waals surface area contributed by atoms with Crippen molar-refractivity contribution in [3.05, 3.63) is 104 Å². The minimum Gasteiger partial charge on any atom is -0.458 e. The molecule has 1 aliphatic carbocycles. The van der Waals surface area contributed by atoms with Gasteiger partial charge in [0, 0.05) is 59.9 Å². The third kappa shape index (κ3) is 12.0. The van der Waals surface area contributed by atoms with Gasteiger partial charge in [0.15, 0.2) is 5.60 Å². The molecule has 0 radical (unpaired) electrons. The molecule has 3 aliphatic heterocycles. The van der Waals surface area contributed by atoms with Crippen molar-refractivity contribution in [2.75, 3.05) is 18.4 Å². The van der Waals surface area contributed by atoms with Crippen LogP contribution in [0.25, 0.3) is 22.3 Å². The van der Waals surface area contributed by atoms with Crippen molar-refractivity contribution < 1.29 is 66.9 Å². The van der Waals surface area contributed by atoms with Crippen molar-refractivity contribution in [3.8, 4) is 11.4 Å². The van der Waals surface area contributed by atoms with Crippen LogP contribution in [0.4, 0.5) is 19.7 Å². The highest BCUT2D eigenvalue weighted by molar-refractivity contribution is 6.13. The first-order valence-electron chi connectivity index (χ1n) is 26.3. The standard InChI is InChI=1S/C56H64FN9O14/c1-9-56(77)35-22-40-47-33(24-66(40)51(73)34(35)26-78-52(56)74)45-37(15-14-32-28(4)36(57)23-39(61-47)44(32)45)62-53(75)79-25-30-10-12-31(13-11-30)60-48(70)29(5)59-50(72)46(27(2)3)64-41(67)17-16-38(63-54(76)80-55(6,7)8)49(71)58-20-21-65-42(68)18-19-43(65)69/h10-13,18-19,22-23,27,29,37-38,46,77H,9,14-17,20-21,24-26H2,1-8H3,(H,58,71)(H,59,72)(H,60,70)(H,62,75)(H,63,76)(H,64,67)/t29-,37-,38-,46-,56-/m0/s1. The van der Waals surface area contributed by atoms with E-state index < -0.39 is 106 Å². The number of esters is 1. The minimum absolute atomic E-state index is 0.0453. The SMILES string of the molecule is CC[C@@]1(O)C(=O)OCc2c1cc1n(c2=O)Cc2c-1nc1cc(F)c(C)c3c1c2[C@@H](NC(=O)OCc1ccc(NC(=O)[C@H](C)NC(=O)[C@@H](NC(=O)CC[C@H](NC(=O)OC(C)(C)C)C(=O)NCCN2C(=O)C=CC2=O)C(C)C)cc1)CC3. The second-order valence-electron chi connectivity index (χ2n) is 21.5. The van der Waals surface area contributed by atoms with Crippen LogP contribution in [0.2, 0.25) is 0 Å². The number of pyridine rings is 2. The zero-order chi connectivity index (χ0) is 58.1. The number of amides is 8. The second-order valence-corrected chi connectivity index (χ2v) is 21.5. The van der Waals surface area contributed by atoms with Gasteiger partial charge < -0.3 is 55.8 Å². The number of aromatic nitrogens is 2. The normalized spacial score (nSPS) is 18.1. The monoisotopic (exact) mass is 1110 g/mol. The molecule has 2 aromatic carbocycles. The molecule has 24 heteroatoms. The number of aryl methyl sites for hydroxylation is 1. The van der Waals surface area contributed by atoms with E-state index in [0.717, 1.165) is 22.6 Å². The molecule has 0 bridgehead atoms. The minimum atomic E-state index is -2.05. The lowest BCUT2D eigenvalue weighted by Gasteiger charge is -2.31. The number of nitrogens with zero attached hydrogens (tertiary/aromatic N) is 3. The fourth-order valence-electron chi connectivity index (χ4n) is 10.2. The van der Waals surface area contributed by atoms with Crippen LogP contribution in [-0.2, 0) is 79.6 Å². The number of cyclic esters (lactones) is 1. The van der Waals surface area contributed by atoms with Crippen molar-refractivity contribution in [2.45, 2.75) is 143 Å². The number of hydrogen-bond donors (Lipinski definition) is 7. The number of anilines is 1. The van der Waals surface area contributed by atoms with Gasteiger partial charge in [0.1, 0.15) is 42.8 Å². The van der Waals surface area contributed by atoms with E-state index in [4.69, 9.17) is 19.2 Å². The molecule has 424 valence electrons. The maximum Gasteiger partial charge on any atom is 0.408 e. The zero-order valence-electron chi connectivity index (χ0n) is 45.6. The van der Waals surface area contributed by atoms with Crippen LogP contribution in [0, 0.1) is 18.7 Å². The topological polar surface area (TPSA) is 312 Å². The average Bonchev–Trinajstić information content (AvgIpc) is 3.94. The zero-order valence-corrected chi connectivity index (χ0v) is 45.6. The quantitative estimate of drug-likeness (QED) is 0.0374. The van der Waals surface area contributed by atoms with Gasteiger partial charge in [-0.2, -0.15) is 0 Å². The Balaban J connectivity index is 0.852. The van der Waals surface area contributed by atoms with Crippen molar-refractivity contribution in [2.24, 2.45) is 5.92 Å². The summed E-state index contributed by atoms with van der Waals surface area (Å²) in [7, 11) is 0. The highest BCUT2D eigenvalue weighted by Gasteiger charge is 2.46. The molecule has 4 aliphatic rings. The van der Waals surface area contributed by atoms with Crippen molar-refractivity contribution in [1.29, 1.82) is 0 Å². The third-order valence-electron chi connectivity index (χ3n) is 14.5. The predicted molar refractivity (Wildman–Crippen MR) is 284 cm³/mol. The van der Waals surface area contributed by atoms with Crippen LogP contribution in [0.5, 0.6) is 0 Å². The Labute approximate surface area is 458 Å². The molecule has 80 heavy (non-hydrogen) atoms. The summed E-state index contributed by atoms with van der Waals surface area (Å²) < 4.78 is 33.1. The van der Waals surface area contributed by atoms with Gasteiger partial charge in [-0.15, -0.1) is 0 Å². The molecule has 5 heterocycles. The van der Waals surface area contributed by atoms with Crippen molar-refractivity contribution in [1.82, 2.24) is 41.0 Å². The molecule has 5 atom stereocenters. The summed E-state index contributed by atoms with van der Waals surface area (Å²) in [4.78, 5) is 136.